The summed E-state index contributed by atoms with van der Waals surface area (Å²) in [5, 5.41) is 9.79. The molecule has 1 aliphatic heterocycles. The van der Waals surface area contributed by atoms with E-state index in [-0.39, 0.29) is 5.60 Å². The molecule has 0 radical (unpaired) electrons. The molecule has 1 N–H and O–H groups in total. The molecule has 2 nitrogen and oxygen atoms in total. The summed E-state index contributed by atoms with van der Waals surface area (Å²) in [6.45, 7) is 6.24. The third-order valence-electron chi connectivity index (χ3n) is 3.29. The fourth-order valence-corrected chi connectivity index (χ4v) is 2.32. The molecule has 0 amide bonds. The summed E-state index contributed by atoms with van der Waals surface area (Å²) in [7, 11) is 0. The Morgan fingerprint density at radius 1 is 1.22 bits per heavy atom. The second kappa shape index (κ2) is 5.05. The first kappa shape index (κ1) is 13.0. The van der Waals surface area contributed by atoms with Crippen molar-refractivity contribution in [2.75, 3.05) is 0 Å². The topological polar surface area (TPSA) is 29.5 Å². The van der Waals surface area contributed by atoms with Gasteiger partial charge in [0.2, 0.25) is 0 Å². The summed E-state index contributed by atoms with van der Waals surface area (Å²) in [5.41, 5.74) is 2.02. The second-order valence-corrected chi connectivity index (χ2v) is 5.51. The number of unbranched alkanes of at least 4 members (excludes halogenated alkanes) is 2. The maximum atomic E-state index is 9.79. The van der Waals surface area contributed by atoms with Gasteiger partial charge in [0.25, 0.3) is 0 Å². The molecular formula is C16H22O2. The van der Waals surface area contributed by atoms with Crippen LogP contribution in [0.2, 0.25) is 0 Å². The fraction of sp³-hybridized carbons (Fsp3) is 0.500. The molecule has 1 heterocycles. The molecular weight excluding hydrogens is 224 g/mol. The van der Waals surface area contributed by atoms with Crippen LogP contribution in [0.5, 0.6) is 11.5 Å². The molecule has 0 saturated heterocycles. The number of rotatable bonds is 4. The summed E-state index contributed by atoms with van der Waals surface area (Å²) in [5.74, 6) is 1.10. The van der Waals surface area contributed by atoms with Crippen molar-refractivity contribution in [3.8, 4) is 11.5 Å². The molecule has 0 spiro atoms. The Morgan fingerprint density at radius 2 is 2.00 bits per heavy atom. The molecule has 0 unspecified atom stereocenters. The third kappa shape index (κ3) is 2.87. The van der Waals surface area contributed by atoms with Gasteiger partial charge in [0.05, 0.1) is 0 Å². The number of aromatic hydroxyl groups is 1. The Hall–Kier alpha value is -1.44. The van der Waals surface area contributed by atoms with Crippen molar-refractivity contribution < 1.29 is 9.84 Å². The van der Waals surface area contributed by atoms with Gasteiger partial charge in [0, 0.05) is 11.6 Å². The van der Waals surface area contributed by atoms with Gasteiger partial charge in [-0.1, -0.05) is 25.8 Å². The Kier molecular flexibility index (Phi) is 3.65. The summed E-state index contributed by atoms with van der Waals surface area (Å²) in [6.07, 6.45) is 8.79. The number of fused-ring (bicyclic) bond motifs is 1. The zero-order valence-electron chi connectivity index (χ0n) is 11.5. The van der Waals surface area contributed by atoms with E-state index in [1.807, 2.05) is 19.9 Å². The molecule has 2 heteroatoms. The fourth-order valence-electron chi connectivity index (χ4n) is 2.32. The number of ether oxygens (including phenoxy) is 1. The van der Waals surface area contributed by atoms with Crippen molar-refractivity contribution in [2.45, 2.75) is 52.1 Å². The molecule has 1 aliphatic rings. The van der Waals surface area contributed by atoms with Gasteiger partial charge in [0.1, 0.15) is 17.1 Å². The van der Waals surface area contributed by atoms with Crippen LogP contribution in [0.1, 0.15) is 51.2 Å². The maximum Gasteiger partial charge on any atom is 0.131 e. The highest BCUT2D eigenvalue weighted by Crippen LogP contribution is 2.36. The highest BCUT2D eigenvalue weighted by molar-refractivity contribution is 5.66. The lowest BCUT2D eigenvalue weighted by atomic mass is 9.95. The van der Waals surface area contributed by atoms with Crippen LogP contribution >= 0.6 is 0 Å². The first-order valence-electron chi connectivity index (χ1n) is 6.76. The Labute approximate surface area is 109 Å². The summed E-state index contributed by atoms with van der Waals surface area (Å²) < 4.78 is 5.90. The Balaban J connectivity index is 2.29. The van der Waals surface area contributed by atoms with Gasteiger partial charge in [-0.15, -0.1) is 0 Å². The summed E-state index contributed by atoms with van der Waals surface area (Å²) in [6, 6.07) is 3.57. The molecule has 1 aromatic rings. The van der Waals surface area contributed by atoms with Crippen molar-refractivity contribution in [3.63, 3.8) is 0 Å². The van der Waals surface area contributed by atoms with E-state index in [4.69, 9.17) is 4.74 Å². The lowest BCUT2D eigenvalue weighted by Gasteiger charge is -2.29. The molecule has 0 atom stereocenters. The third-order valence-corrected chi connectivity index (χ3v) is 3.29. The van der Waals surface area contributed by atoms with Crippen LogP contribution < -0.4 is 4.74 Å². The van der Waals surface area contributed by atoms with Crippen LogP contribution in [-0.2, 0) is 6.42 Å². The zero-order valence-corrected chi connectivity index (χ0v) is 11.5. The summed E-state index contributed by atoms with van der Waals surface area (Å²) in [4.78, 5) is 0. The normalized spacial score (nSPS) is 16.2. The van der Waals surface area contributed by atoms with E-state index >= 15 is 0 Å². The van der Waals surface area contributed by atoms with Gasteiger partial charge >= 0.3 is 0 Å². The molecule has 0 bridgehead atoms. The maximum absolute atomic E-state index is 9.79. The van der Waals surface area contributed by atoms with Gasteiger partial charge in [-0.2, -0.15) is 0 Å². The first-order chi connectivity index (χ1) is 8.52. The van der Waals surface area contributed by atoms with Gasteiger partial charge in [-0.25, -0.2) is 0 Å². The van der Waals surface area contributed by atoms with Crippen LogP contribution in [0.25, 0.3) is 6.08 Å². The number of benzene rings is 1. The van der Waals surface area contributed by atoms with Gasteiger partial charge < -0.3 is 9.84 Å². The Bertz CT molecular complexity index is 458. The van der Waals surface area contributed by atoms with E-state index in [0.29, 0.717) is 5.75 Å². The van der Waals surface area contributed by atoms with Crippen molar-refractivity contribution >= 4 is 6.08 Å². The quantitative estimate of drug-likeness (QED) is 0.802. The van der Waals surface area contributed by atoms with Gasteiger partial charge in [-0.3, -0.25) is 0 Å². The van der Waals surface area contributed by atoms with Crippen molar-refractivity contribution in [1.82, 2.24) is 0 Å². The molecule has 0 aliphatic carbocycles. The molecule has 98 valence electrons. The van der Waals surface area contributed by atoms with Crippen LogP contribution in [0.15, 0.2) is 18.2 Å². The lowest BCUT2D eigenvalue weighted by Crippen LogP contribution is -2.27. The van der Waals surface area contributed by atoms with E-state index < -0.39 is 0 Å². The van der Waals surface area contributed by atoms with E-state index in [1.165, 1.54) is 18.4 Å². The number of phenols is 1. The smallest absolute Gasteiger partial charge is 0.131 e. The minimum absolute atomic E-state index is 0.290. The molecule has 18 heavy (non-hydrogen) atoms. The SMILES string of the molecule is CCCCCc1cc(O)cc2c1C=CC(C)(C)O2. The molecule has 2 rings (SSSR count). The van der Waals surface area contributed by atoms with Gasteiger partial charge in [-0.05, 0) is 44.4 Å². The Morgan fingerprint density at radius 3 is 2.72 bits per heavy atom. The average molecular weight is 246 g/mol. The number of phenolic OH excluding ortho intramolecular Hbond substituents is 1. The predicted octanol–water partition coefficient (Wildman–Crippen LogP) is 4.31. The van der Waals surface area contributed by atoms with Crippen LogP contribution in [0.3, 0.4) is 0 Å². The zero-order chi connectivity index (χ0) is 13.2. The molecule has 0 saturated carbocycles. The standard InChI is InChI=1S/C16H22O2/c1-4-5-6-7-12-10-13(17)11-15-14(12)8-9-16(2,3)18-15/h8-11,17H,4-7H2,1-3H3. The van der Waals surface area contributed by atoms with E-state index in [9.17, 15) is 5.11 Å². The second-order valence-electron chi connectivity index (χ2n) is 5.51. The lowest BCUT2D eigenvalue weighted by molar-refractivity contribution is 0.158. The van der Waals surface area contributed by atoms with Crippen molar-refractivity contribution in [1.29, 1.82) is 0 Å². The minimum Gasteiger partial charge on any atom is -0.508 e. The molecule has 0 fully saturated rings. The minimum atomic E-state index is -0.290. The molecule has 1 aromatic carbocycles. The largest absolute Gasteiger partial charge is 0.508 e. The monoisotopic (exact) mass is 246 g/mol. The highest BCUT2D eigenvalue weighted by atomic mass is 16.5. The van der Waals surface area contributed by atoms with Crippen LogP contribution in [0, 0.1) is 0 Å². The van der Waals surface area contributed by atoms with E-state index in [2.05, 4.69) is 19.1 Å². The van der Waals surface area contributed by atoms with E-state index in [1.54, 1.807) is 6.07 Å². The van der Waals surface area contributed by atoms with Crippen LogP contribution in [0.4, 0.5) is 0 Å². The highest BCUT2D eigenvalue weighted by Gasteiger charge is 2.23. The van der Waals surface area contributed by atoms with E-state index in [0.717, 1.165) is 24.2 Å². The average Bonchev–Trinajstić information content (AvgIpc) is 2.27. The number of hydrogen-bond donors (Lipinski definition) is 1. The van der Waals surface area contributed by atoms with Crippen LogP contribution in [-0.4, -0.2) is 10.7 Å². The predicted molar refractivity (Wildman–Crippen MR) is 75.1 cm³/mol. The van der Waals surface area contributed by atoms with Crippen molar-refractivity contribution in [3.05, 3.63) is 29.3 Å². The first-order valence-corrected chi connectivity index (χ1v) is 6.76. The molecule has 0 aromatic heterocycles. The van der Waals surface area contributed by atoms with Crippen molar-refractivity contribution in [2.24, 2.45) is 0 Å². The van der Waals surface area contributed by atoms with Gasteiger partial charge in [0.15, 0.2) is 0 Å². The number of aryl methyl sites for hydroxylation is 1. The number of hydrogen-bond acceptors (Lipinski definition) is 2. The summed E-state index contributed by atoms with van der Waals surface area (Å²) >= 11 is 0.